The summed E-state index contributed by atoms with van der Waals surface area (Å²) in [6.45, 7) is 2.21. The van der Waals surface area contributed by atoms with E-state index in [2.05, 4.69) is 36.3 Å². The maximum atomic E-state index is 4.95. The Bertz CT molecular complexity index is 394. The van der Waals surface area contributed by atoms with Gasteiger partial charge in [0.15, 0.2) is 0 Å². The van der Waals surface area contributed by atoms with Crippen LogP contribution < -0.4 is 0 Å². The molecule has 2 heteroatoms. The quantitative estimate of drug-likeness (QED) is 0.753. The Morgan fingerprint density at radius 1 is 1.19 bits per heavy atom. The average Bonchev–Trinajstić information content (AvgIpc) is 2.85. The zero-order chi connectivity index (χ0) is 11.2. The maximum absolute atomic E-state index is 4.95. The zero-order valence-corrected chi connectivity index (χ0v) is 9.60. The van der Waals surface area contributed by atoms with Crippen LogP contribution in [0.5, 0.6) is 0 Å². The van der Waals surface area contributed by atoms with E-state index in [0.29, 0.717) is 5.92 Å². The SMILES string of the molecule is CCCCC(c1ccccc1)c1ccon1. The van der Waals surface area contributed by atoms with Gasteiger partial charge in [-0.15, -0.1) is 0 Å². The first-order chi connectivity index (χ1) is 7.92. The summed E-state index contributed by atoms with van der Waals surface area (Å²) in [4.78, 5) is 0. The molecule has 0 aliphatic rings. The van der Waals surface area contributed by atoms with E-state index < -0.39 is 0 Å². The van der Waals surface area contributed by atoms with E-state index in [1.54, 1.807) is 6.26 Å². The molecule has 1 atom stereocenters. The predicted molar refractivity (Wildman–Crippen MR) is 64.3 cm³/mol. The van der Waals surface area contributed by atoms with Gasteiger partial charge < -0.3 is 4.52 Å². The smallest absolute Gasteiger partial charge is 0.124 e. The van der Waals surface area contributed by atoms with Crippen LogP contribution in [0.1, 0.15) is 43.4 Å². The van der Waals surface area contributed by atoms with Crippen molar-refractivity contribution in [1.82, 2.24) is 5.16 Å². The molecule has 0 N–H and O–H groups in total. The predicted octanol–water partition coefficient (Wildman–Crippen LogP) is 4.00. The van der Waals surface area contributed by atoms with Crippen LogP contribution in [0.25, 0.3) is 0 Å². The Balaban J connectivity index is 2.21. The molecule has 0 aliphatic heterocycles. The molecule has 0 aliphatic carbocycles. The van der Waals surface area contributed by atoms with Crippen molar-refractivity contribution in [2.45, 2.75) is 32.1 Å². The number of aromatic nitrogens is 1. The molecular weight excluding hydrogens is 198 g/mol. The summed E-state index contributed by atoms with van der Waals surface area (Å²) in [6.07, 6.45) is 5.21. The first kappa shape index (κ1) is 10.9. The number of benzene rings is 1. The Morgan fingerprint density at radius 3 is 2.62 bits per heavy atom. The second-order valence-corrected chi connectivity index (χ2v) is 4.03. The second-order valence-electron chi connectivity index (χ2n) is 4.03. The van der Waals surface area contributed by atoms with Crippen LogP contribution in [0.2, 0.25) is 0 Å². The van der Waals surface area contributed by atoms with Crippen LogP contribution in [0.3, 0.4) is 0 Å². The molecule has 84 valence electrons. The van der Waals surface area contributed by atoms with Gasteiger partial charge in [0.1, 0.15) is 6.26 Å². The number of unbranched alkanes of at least 4 members (excludes halogenated alkanes) is 1. The second kappa shape index (κ2) is 5.50. The summed E-state index contributed by atoms with van der Waals surface area (Å²) in [5.74, 6) is 0.375. The molecule has 0 saturated carbocycles. The number of hydrogen-bond donors (Lipinski definition) is 0. The van der Waals surface area contributed by atoms with Crippen molar-refractivity contribution < 1.29 is 4.52 Å². The third-order valence-corrected chi connectivity index (χ3v) is 2.86. The Hall–Kier alpha value is -1.57. The van der Waals surface area contributed by atoms with Gasteiger partial charge in [-0.2, -0.15) is 0 Å². The highest BCUT2D eigenvalue weighted by atomic mass is 16.5. The fourth-order valence-electron chi connectivity index (χ4n) is 1.98. The van der Waals surface area contributed by atoms with E-state index in [1.807, 2.05) is 12.1 Å². The molecule has 0 radical (unpaired) electrons. The van der Waals surface area contributed by atoms with E-state index in [9.17, 15) is 0 Å². The van der Waals surface area contributed by atoms with Gasteiger partial charge in [-0.25, -0.2) is 0 Å². The van der Waals surface area contributed by atoms with Crippen molar-refractivity contribution in [3.8, 4) is 0 Å². The third kappa shape index (κ3) is 2.51. The topological polar surface area (TPSA) is 26.0 Å². The highest BCUT2D eigenvalue weighted by molar-refractivity contribution is 5.27. The van der Waals surface area contributed by atoms with Crippen LogP contribution in [-0.2, 0) is 0 Å². The van der Waals surface area contributed by atoms with Crippen LogP contribution in [0.4, 0.5) is 0 Å². The summed E-state index contributed by atoms with van der Waals surface area (Å²) in [5.41, 5.74) is 2.37. The third-order valence-electron chi connectivity index (χ3n) is 2.86. The number of nitrogens with zero attached hydrogens (tertiary/aromatic N) is 1. The van der Waals surface area contributed by atoms with Crippen molar-refractivity contribution >= 4 is 0 Å². The molecule has 1 heterocycles. The fourth-order valence-corrected chi connectivity index (χ4v) is 1.98. The standard InChI is InChI=1S/C14H17NO/c1-2-3-9-13(14-10-11-16-15-14)12-7-5-4-6-8-12/h4-8,10-11,13H,2-3,9H2,1H3. The molecule has 1 aromatic heterocycles. The lowest BCUT2D eigenvalue weighted by Crippen LogP contribution is -2.01. The average molecular weight is 215 g/mol. The first-order valence-corrected chi connectivity index (χ1v) is 5.87. The van der Waals surface area contributed by atoms with Crippen LogP contribution in [-0.4, -0.2) is 5.16 Å². The van der Waals surface area contributed by atoms with E-state index >= 15 is 0 Å². The summed E-state index contributed by atoms with van der Waals surface area (Å²) in [6, 6.07) is 12.5. The summed E-state index contributed by atoms with van der Waals surface area (Å²) in [7, 11) is 0. The van der Waals surface area contributed by atoms with Crippen molar-refractivity contribution in [3.63, 3.8) is 0 Å². The molecule has 0 amide bonds. The highest BCUT2D eigenvalue weighted by Gasteiger charge is 2.15. The minimum atomic E-state index is 0.375. The largest absolute Gasteiger partial charge is 0.364 e. The van der Waals surface area contributed by atoms with Gasteiger partial charge in [-0.3, -0.25) is 0 Å². The van der Waals surface area contributed by atoms with Gasteiger partial charge in [0.25, 0.3) is 0 Å². The summed E-state index contributed by atoms with van der Waals surface area (Å²) in [5, 5.41) is 4.07. The molecule has 1 aromatic carbocycles. The minimum Gasteiger partial charge on any atom is -0.364 e. The molecular formula is C14H17NO. The van der Waals surface area contributed by atoms with Crippen molar-refractivity contribution in [2.75, 3.05) is 0 Å². The van der Waals surface area contributed by atoms with E-state index in [4.69, 9.17) is 4.52 Å². The summed E-state index contributed by atoms with van der Waals surface area (Å²) >= 11 is 0. The highest BCUT2D eigenvalue weighted by Crippen LogP contribution is 2.28. The van der Waals surface area contributed by atoms with Crippen molar-refractivity contribution in [3.05, 3.63) is 53.9 Å². The van der Waals surface area contributed by atoms with Gasteiger partial charge in [0, 0.05) is 12.0 Å². The number of rotatable bonds is 5. The first-order valence-electron chi connectivity index (χ1n) is 5.87. The molecule has 2 nitrogen and oxygen atoms in total. The molecule has 0 spiro atoms. The van der Waals surface area contributed by atoms with Gasteiger partial charge in [-0.05, 0) is 12.0 Å². The molecule has 16 heavy (non-hydrogen) atoms. The van der Waals surface area contributed by atoms with E-state index in [-0.39, 0.29) is 0 Å². The summed E-state index contributed by atoms with van der Waals surface area (Å²) < 4.78 is 4.95. The monoisotopic (exact) mass is 215 g/mol. The van der Waals surface area contributed by atoms with E-state index in [0.717, 1.165) is 12.1 Å². The lowest BCUT2D eigenvalue weighted by atomic mass is 9.91. The molecule has 0 saturated heterocycles. The lowest BCUT2D eigenvalue weighted by molar-refractivity contribution is 0.406. The molecule has 0 fully saturated rings. The Morgan fingerprint density at radius 2 is 2.00 bits per heavy atom. The molecule has 2 aromatic rings. The lowest BCUT2D eigenvalue weighted by Gasteiger charge is -2.13. The van der Waals surface area contributed by atoms with Gasteiger partial charge in [0.05, 0.1) is 5.69 Å². The Labute approximate surface area is 96.3 Å². The molecule has 1 unspecified atom stereocenters. The van der Waals surface area contributed by atoms with E-state index in [1.165, 1.54) is 18.4 Å². The van der Waals surface area contributed by atoms with Gasteiger partial charge in [0.2, 0.25) is 0 Å². The van der Waals surface area contributed by atoms with Crippen molar-refractivity contribution in [2.24, 2.45) is 0 Å². The minimum absolute atomic E-state index is 0.375. The van der Waals surface area contributed by atoms with Crippen molar-refractivity contribution in [1.29, 1.82) is 0 Å². The Kier molecular flexibility index (Phi) is 3.76. The zero-order valence-electron chi connectivity index (χ0n) is 9.60. The maximum Gasteiger partial charge on any atom is 0.124 e. The fraction of sp³-hybridized carbons (Fsp3) is 0.357. The molecule has 0 bridgehead atoms. The van der Waals surface area contributed by atoms with Crippen LogP contribution in [0, 0.1) is 0 Å². The number of hydrogen-bond acceptors (Lipinski definition) is 2. The molecule has 2 rings (SSSR count). The normalized spacial score (nSPS) is 12.6. The van der Waals surface area contributed by atoms with Gasteiger partial charge >= 0.3 is 0 Å². The van der Waals surface area contributed by atoms with Crippen LogP contribution in [0.15, 0.2) is 47.2 Å². The van der Waals surface area contributed by atoms with Crippen LogP contribution >= 0.6 is 0 Å². The van der Waals surface area contributed by atoms with Gasteiger partial charge in [-0.1, -0.05) is 55.3 Å².